The maximum Gasteiger partial charge on any atom is 0.248 e. The van der Waals surface area contributed by atoms with E-state index in [0.717, 1.165) is 25.9 Å². The van der Waals surface area contributed by atoms with Crippen molar-refractivity contribution in [2.24, 2.45) is 5.73 Å². The van der Waals surface area contributed by atoms with Gasteiger partial charge in [-0.25, -0.2) is 0 Å². The Morgan fingerprint density at radius 3 is 2.64 bits per heavy atom. The summed E-state index contributed by atoms with van der Waals surface area (Å²) in [6.07, 6.45) is 2.86. The normalized spacial score (nSPS) is 24.0. The molecule has 25 heavy (non-hydrogen) atoms. The highest BCUT2D eigenvalue weighted by Gasteiger charge is 2.29. The molecule has 2 atom stereocenters. The van der Waals surface area contributed by atoms with Crippen LogP contribution in [0.1, 0.15) is 29.6 Å². The Bertz CT molecular complexity index is 599. The first-order valence-electron chi connectivity index (χ1n) is 8.78. The van der Waals surface area contributed by atoms with Gasteiger partial charge in [-0.3, -0.25) is 14.5 Å². The van der Waals surface area contributed by atoms with Crippen LogP contribution < -0.4 is 15.8 Å². The number of likely N-dealkylation sites (tertiary alicyclic amines) is 1. The summed E-state index contributed by atoms with van der Waals surface area (Å²) >= 11 is 0. The summed E-state index contributed by atoms with van der Waals surface area (Å²) in [4.78, 5) is 25.6. The minimum atomic E-state index is -0.468. The summed E-state index contributed by atoms with van der Waals surface area (Å²) in [5.41, 5.74) is 5.68. The van der Waals surface area contributed by atoms with E-state index in [1.54, 1.807) is 24.3 Å². The SMILES string of the molecule is NC(=O)c1ccc(O[C@@H]2CCOC[C@H]2NC(=O)CN2CCCC2)cc1. The topological polar surface area (TPSA) is 93.9 Å². The predicted molar refractivity (Wildman–Crippen MR) is 92.4 cm³/mol. The van der Waals surface area contributed by atoms with Gasteiger partial charge in [-0.05, 0) is 50.2 Å². The summed E-state index contributed by atoms with van der Waals surface area (Å²) in [6, 6.07) is 6.53. The average molecular weight is 347 g/mol. The molecule has 2 aliphatic heterocycles. The van der Waals surface area contributed by atoms with Gasteiger partial charge in [0, 0.05) is 12.0 Å². The number of rotatable bonds is 6. The lowest BCUT2D eigenvalue weighted by Crippen LogP contribution is -2.53. The molecule has 3 N–H and O–H groups in total. The first-order valence-corrected chi connectivity index (χ1v) is 8.78. The molecule has 2 saturated heterocycles. The minimum absolute atomic E-state index is 0.00933. The number of hydrogen-bond donors (Lipinski definition) is 2. The van der Waals surface area contributed by atoms with Gasteiger partial charge in [0.05, 0.1) is 25.8 Å². The molecule has 0 spiro atoms. The number of ether oxygens (including phenoxy) is 2. The van der Waals surface area contributed by atoms with Crippen molar-refractivity contribution in [2.45, 2.75) is 31.4 Å². The number of benzene rings is 1. The lowest BCUT2D eigenvalue weighted by atomic mass is 10.1. The zero-order valence-electron chi connectivity index (χ0n) is 14.3. The van der Waals surface area contributed by atoms with E-state index < -0.39 is 5.91 Å². The van der Waals surface area contributed by atoms with Gasteiger partial charge in [0.25, 0.3) is 0 Å². The molecule has 0 saturated carbocycles. The van der Waals surface area contributed by atoms with Crippen molar-refractivity contribution < 1.29 is 19.1 Å². The first kappa shape index (κ1) is 17.7. The predicted octanol–water partition coefficient (Wildman–Crippen LogP) is 0.534. The molecule has 0 unspecified atom stereocenters. The van der Waals surface area contributed by atoms with E-state index in [-0.39, 0.29) is 18.1 Å². The molecule has 2 fully saturated rings. The van der Waals surface area contributed by atoms with Gasteiger partial charge in [0.1, 0.15) is 11.9 Å². The molecule has 0 aromatic heterocycles. The van der Waals surface area contributed by atoms with E-state index in [4.69, 9.17) is 15.2 Å². The highest BCUT2D eigenvalue weighted by Crippen LogP contribution is 2.19. The van der Waals surface area contributed by atoms with Crippen molar-refractivity contribution >= 4 is 11.8 Å². The van der Waals surface area contributed by atoms with Gasteiger partial charge in [-0.15, -0.1) is 0 Å². The second kappa shape index (κ2) is 8.31. The average Bonchev–Trinajstić information content (AvgIpc) is 3.10. The van der Waals surface area contributed by atoms with E-state index in [1.807, 2.05) is 0 Å². The molecular formula is C18H25N3O4. The summed E-state index contributed by atoms with van der Waals surface area (Å²) in [7, 11) is 0. The van der Waals surface area contributed by atoms with Crippen LogP contribution in [0.4, 0.5) is 0 Å². The number of primary amides is 1. The number of amides is 2. The van der Waals surface area contributed by atoms with Crippen LogP contribution in [0.15, 0.2) is 24.3 Å². The maximum atomic E-state index is 12.3. The van der Waals surface area contributed by atoms with E-state index in [9.17, 15) is 9.59 Å². The van der Waals surface area contributed by atoms with Gasteiger partial charge < -0.3 is 20.5 Å². The molecule has 1 aromatic carbocycles. The largest absolute Gasteiger partial charge is 0.488 e. The Hall–Kier alpha value is -2.12. The van der Waals surface area contributed by atoms with Gasteiger partial charge in [0.2, 0.25) is 11.8 Å². The number of hydrogen-bond acceptors (Lipinski definition) is 5. The Labute approximate surface area is 147 Å². The molecule has 1 aromatic rings. The Kier molecular flexibility index (Phi) is 5.88. The molecule has 0 aliphatic carbocycles. The highest BCUT2D eigenvalue weighted by molar-refractivity contribution is 5.92. The van der Waals surface area contributed by atoms with Crippen molar-refractivity contribution in [3.63, 3.8) is 0 Å². The second-order valence-corrected chi connectivity index (χ2v) is 6.57. The minimum Gasteiger partial charge on any atom is -0.488 e. The fourth-order valence-corrected chi connectivity index (χ4v) is 3.26. The second-order valence-electron chi connectivity index (χ2n) is 6.57. The van der Waals surface area contributed by atoms with E-state index in [1.165, 1.54) is 0 Å². The van der Waals surface area contributed by atoms with Crippen molar-refractivity contribution in [2.75, 3.05) is 32.8 Å². The molecule has 136 valence electrons. The van der Waals surface area contributed by atoms with Crippen LogP contribution in [0.3, 0.4) is 0 Å². The molecule has 0 bridgehead atoms. The van der Waals surface area contributed by atoms with Crippen LogP contribution >= 0.6 is 0 Å². The van der Waals surface area contributed by atoms with Crippen molar-refractivity contribution in [3.05, 3.63) is 29.8 Å². The number of carbonyl (C=O) groups is 2. The Morgan fingerprint density at radius 2 is 1.96 bits per heavy atom. The molecule has 0 radical (unpaired) electrons. The highest BCUT2D eigenvalue weighted by atomic mass is 16.5. The van der Waals surface area contributed by atoms with Crippen LogP contribution in [0.5, 0.6) is 5.75 Å². The quantitative estimate of drug-likeness (QED) is 0.783. The van der Waals surface area contributed by atoms with Crippen LogP contribution in [0.2, 0.25) is 0 Å². The monoisotopic (exact) mass is 347 g/mol. The maximum absolute atomic E-state index is 12.3. The van der Waals surface area contributed by atoms with E-state index >= 15 is 0 Å². The molecule has 7 nitrogen and oxygen atoms in total. The third-order valence-electron chi connectivity index (χ3n) is 4.63. The molecule has 2 heterocycles. The summed E-state index contributed by atoms with van der Waals surface area (Å²) in [5.74, 6) is 0.190. The van der Waals surface area contributed by atoms with E-state index in [2.05, 4.69) is 10.2 Å². The van der Waals surface area contributed by atoms with Gasteiger partial charge in [0.15, 0.2) is 0 Å². The smallest absolute Gasteiger partial charge is 0.248 e. The third kappa shape index (κ3) is 4.93. The number of nitrogens with zero attached hydrogens (tertiary/aromatic N) is 1. The standard InChI is InChI=1S/C18H25N3O4/c19-18(23)13-3-5-14(6-4-13)25-16-7-10-24-12-15(16)20-17(22)11-21-8-1-2-9-21/h3-6,15-16H,1-2,7-12H2,(H2,19,23)(H,20,22)/t15-,16-/m1/s1. The zero-order valence-corrected chi connectivity index (χ0v) is 14.3. The molecular weight excluding hydrogens is 322 g/mol. The van der Waals surface area contributed by atoms with Gasteiger partial charge in [-0.1, -0.05) is 0 Å². The molecule has 2 aliphatic rings. The number of nitrogens with one attached hydrogen (secondary N) is 1. The van der Waals surface area contributed by atoms with Gasteiger partial charge in [-0.2, -0.15) is 0 Å². The van der Waals surface area contributed by atoms with Crippen molar-refractivity contribution in [1.82, 2.24) is 10.2 Å². The van der Waals surface area contributed by atoms with Gasteiger partial charge >= 0.3 is 0 Å². The summed E-state index contributed by atoms with van der Waals surface area (Å²) < 4.78 is 11.5. The molecule has 3 rings (SSSR count). The Balaban J connectivity index is 1.56. The lowest BCUT2D eigenvalue weighted by molar-refractivity contribution is -0.125. The van der Waals surface area contributed by atoms with Crippen LogP contribution in [0, 0.1) is 0 Å². The van der Waals surface area contributed by atoms with Crippen molar-refractivity contribution in [1.29, 1.82) is 0 Å². The van der Waals surface area contributed by atoms with E-state index in [0.29, 0.717) is 37.5 Å². The fourth-order valence-electron chi connectivity index (χ4n) is 3.26. The number of carbonyl (C=O) groups excluding carboxylic acids is 2. The zero-order chi connectivity index (χ0) is 17.6. The summed E-state index contributed by atoms with van der Waals surface area (Å²) in [6.45, 7) is 3.44. The van der Waals surface area contributed by atoms with Crippen LogP contribution in [-0.2, 0) is 9.53 Å². The molecule has 2 amide bonds. The summed E-state index contributed by atoms with van der Waals surface area (Å²) in [5, 5.41) is 3.04. The Morgan fingerprint density at radius 1 is 1.24 bits per heavy atom. The first-order chi connectivity index (χ1) is 12.1. The van der Waals surface area contributed by atoms with Crippen molar-refractivity contribution in [3.8, 4) is 5.75 Å². The van der Waals surface area contributed by atoms with Crippen LogP contribution in [-0.4, -0.2) is 61.7 Å². The van der Waals surface area contributed by atoms with Crippen LogP contribution in [0.25, 0.3) is 0 Å². The lowest BCUT2D eigenvalue weighted by Gasteiger charge is -2.32. The third-order valence-corrected chi connectivity index (χ3v) is 4.63. The molecule has 7 heteroatoms. The number of nitrogens with two attached hydrogens (primary N) is 1. The fraction of sp³-hybridized carbons (Fsp3) is 0.556.